The summed E-state index contributed by atoms with van der Waals surface area (Å²) in [5.41, 5.74) is 1.74. The lowest BCUT2D eigenvalue weighted by molar-refractivity contribution is -0.132. The minimum atomic E-state index is 0.149. The second kappa shape index (κ2) is 6.37. The number of thiazole rings is 1. The van der Waals surface area contributed by atoms with Crippen molar-refractivity contribution in [1.82, 2.24) is 24.3 Å². The average Bonchev–Trinajstić information content (AvgIpc) is 3.24. The second-order valence-corrected chi connectivity index (χ2v) is 6.97. The Morgan fingerprint density at radius 3 is 2.88 bits per heavy atom. The Morgan fingerprint density at radius 2 is 2.17 bits per heavy atom. The van der Waals surface area contributed by atoms with E-state index in [0.29, 0.717) is 6.42 Å². The molecule has 0 aliphatic carbocycles. The normalized spacial score (nSPS) is 16.1. The second-order valence-electron chi connectivity index (χ2n) is 6.09. The molecule has 3 aromatic heterocycles. The van der Waals surface area contributed by atoms with Gasteiger partial charge < -0.3 is 9.42 Å². The van der Waals surface area contributed by atoms with Crippen LogP contribution in [0.2, 0.25) is 0 Å². The van der Waals surface area contributed by atoms with Crippen LogP contribution in [-0.2, 0) is 17.8 Å². The number of piperazine rings is 1. The number of imidazole rings is 1. The molecular weight excluding hydrogens is 326 g/mol. The zero-order valence-corrected chi connectivity index (χ0v) is 14.3. The standard InChI is InChI=1S/C16H19N5O2S/c1-12-8-14(23-18-12)11-19-2-4-20(5-3-19)15(22)9-13-10-21-6-7-24-16(21)17-13/h6-8,10H,2-5,9,11H2,1H3. The lowest BCUT2D eigenvalue weighted by Gasteiger charge is -2.34. The van der Waals surface area contributed by atoms with E-state index >= 15 is 0 Å². The molecule has 0 saturated carbocycles. The molecule has 0 aromatic carbocycles. The van der Waals surface area contributed by atoms with E-state index in [1.54, 1.807) is 11.3 Å². The minimum Gasteiger partial charge on any atom is -0.360 e. The molecule has 1 amide bonds. The Bertz CT molecular complexity index is 815. The van der Waals surface area contributed by atoms with E-state index in [0.717, 1.165) is 54.8 Å². The van der Waals surface area contributed by atoms with Gasteiger partial charge in [0.25, 0.3) is 0 Å². The molecule has 0 atom stereocenters. The highest BCUT2D eigenvalue weighted by atomic mass is 32.1. The number of carbonyl (C=O) groups is 1. The van der Waals surface area contributed by atoms with Gasteiger partial charge in [-0.2, -0.15) is 0 Å². The van der Waals surface area contributed by atoms with Crippen LogP contribution in [0.1, 0.15) is 17.1 Å². The molecule has 4 rings (SSSR count). The van der Waals surface area contributed by atoms with E-state index in [4.69, 9.17) is 4.52 Å². The van der Waals surface area contributed by atoms with Gasteiger partial charge in [-0.3, -0.25) is 14.1 Å². The van der Waals surface area contributed by atoms with Crippen molar-refractivity contribution in [2.45, 2.75) is 19.9 Å². The van der Waals surface area contributed by atoms with Gasteiger partial charge in [0.1, 0.15) is 0 Å². The number of fused-ring (bicyclic) bond motifs is 1. The fourth-order valence-electron chi connectivity index (χ4n) is 2.99. The molecular formula is C16H19N5O2S. The predicted molar refractivity (Wildman–Crippen MR) is 89.9 cm³/mol. The van der Waals surface area contributed by atoms with E-state index in [1.165, 1.54) is 0 Å². The highest BCUT2D eigenvalue weighted by molar-refractivity contribution is 7.15. The molecule has 4 heterocycles. The first kappa shape index (κ1) is 15.3. The molecule has 3 aromatic rings. The van der Waals surface area contributed by atoms with Gasteiger partial charge >= 0.3 is 0 Å². The number of nitrogens with zero attached hydrogens (tertiary/aromatic N) is 5. The topological polar surface area (TPSA) is 66.9 Å². The average molecular weight is 345 g/mol. The Labute approximate surface area is 143 Å². The molecule has 7 nitrogen and oxygen atoms in total. The maximum atomic E-state index is 12.5. The summed E-state index contributed by atoms with van der Waals surface area (Å²) in [6.07, 6.45) is 4.27. The highest BCUT2D eigenvalue weighted by Crippen LogP contribution is 2.14. The third kappa shape index (κ3) is 3.20. The summed E-state index contributed by atoms with van der Waals surface area (Å²) in [6.45, 7) is 5.86. The lowest BCUT2D eigenvalue weighted by Crippen LogP contribution is -2.48. The van der Waals surface area contributed by atoms with Gasteiger partial charge in [-0.05, 0) is 6.92 Å². The van der Waals surface area contributed by atoms with E-state index in [9.17, 15) is 4.79 Å². The summed E-state index contributed by atoms with van der Waals surface area (Å²) in [5, 5.41) is 5.90. The third-order valence-corrected chi connectivity index (χ3v) is 5.03. The molecule has 0 unspecified atom stereocenters. The molecule has 24 heavy (non-hydrogen) atoms. The molecule has 1 aliphatic heterocycles. The van der Waals surface area contributed by atoms with E-state index in [2.05, 4.69) is 15.0 Å². The van der Waals surface area contributed by atoms with Crippen LogP contribution >= 0.6 is 11.3 Å². The van der Waals surface area contributed by atoms with Gasteiger partial charge in [-0.15, -0.1) is 11.3 Å². The molecule has 126 valence electrons. The van der Waals surface area contributed by atoms with Crippen molar-refractivity contribution in [3.05, 3.63) is 41.0 Å². The number of hydrogen-bond acceptors (Lipinski definition) is 6. The van der Waals surface area contributed by atoms with Crippen LogP contribution in [0.15, 0.2) is 28.4 Å². The van der Waals surface area contributed by atoms with Gasteiger partial charge in [-0.1, -0.05) is 5.16 Å². The van der Waals surface area contributed by atoms with Gasteiger partial charge in [-0.25, -0.2) is 4.98 Å². The van der Waals surface area contributed by atoms with Crippen molar-refractivity contribution in [3.8, 4) is 0 Å². The first-order chi connectivity index (χ1) is 11.7. The number of aromatic nitrogens is 3. The molecule has 1 fully saturated rings. The lowest BCUT2D eigenvalue weighted by atomic mass is 10.2. The van der Waals surface area contributed by atoms with Crippen molar-refractivity contribution in [1.29, 1.82) is 0 Å². The molecule has 8 heteroatoms. The summed E-state index contributed by atoms with van der Waals surface area (Å²) >= 11 is 1.58. The summed E-state index contributed by atoms with van der Waals surface area (Å²) in [4.78, 5) is 22.1. The summed E-state index contributed by atoms with van der Waals surface area (Å²) in [6, 6.07) is 1.96. The maximum absolute atomic E-state index is 12.5. The summed E-state index contributed by atoms with van der Waals surface area (Å²) in [5.74, 6) is 1.03. The highest BCUT2D eigenvalue weighted by Gasteiger charge is 2.22. The number of carbonyl (C=O) groups excluding carboxylic acids is 1. The van der Waals surface area contributed by atoms with Crippen molar-refractivity contribution in [2.75, 3.05) is 26.2 Å². The van der Waals surface area contributed by atoms with E-state index in [-0.39, 0.29) is 5.91 Å². The third-order valence-electron chi connectivity index (χ3n) is 4.26. The van der Waals surface area contributed by atoms with Gasteiger partial charge in [0.2, 0.25) is 5.91 Å². The number of amides is 1. The quantitative estimate of drug-likeness (QED) is 0.718. The first-order valence-corrected chi connectivity index (χ1v) is 8.89. The first-order valence-electron chi connectivity index (χ1n) is 8.01. The van der Waals surface area contributed by atoms with Crippen LogP contribution in [0.3, 0.4) is 0 Å². The van der Waals surface area contributed by atoms with Crippen molar-refractivity contribution in [2.24, 2.45) is 0 Å². The van der Waals surface area contributed by atoms with Crippen LogP contribution in [0.4, 0.5) is 0 Å². The van der Waals surface area contributed by atoms with Crippen LogP contribution in [0, 0.1) is 6.92 Å². The Kier molecular flexibility index (Phi) is 4.07. The Morgan fingerprint density at radius 1 is 1.33 bits per heavy atom. The monoisotopic (exact) mass is 345 g/mol. The van der Waals surface area contributed by atoms with E-state index in [1.807, 2.05) is 40.1 Å². The van der Waals surface area contributed by atoms with E-state index < -0.39 is 0 Å². The summed E-state index contributed by atoms with van der Waals surface area (Å²) in [7, 11) is 0. The number of rotatable bonds is 4. The zero-order chi connectivity index (χ0) is 16.5. The smallest absolute Gasteiger partial charge is 0.228 e. The Hall–Kier alpha value is -2.19. The van der Waals surface area contributed by atoms with Gasteiger partial charge in [0, 0.05) is 50.0 Å². The number of hydrogen-bond donors (Lipinski definition) is 0. The fraction of sp³-hybridized carbons (Fsp3) is 0.438. The molecule has 0 bridgehead atoms. The van der Waals surface area contributed by atoms with Crippen LogP contribution in [0.5, 0.6) is 0 Å². The van der Waals surface area contributed by atoms with Crippen molar-refractivity contribution in [3.63, 3.8) is 0 Å². The van der Waals surface area contributed by atoms with Crippen molar-refractivity contribution >= 4 is 22.2 Å². The van der Waals surface area contributed by atoms with Crippen LogP contribution in [0.25, 0.3) is 4.96 Å². The van der Waals surface area contributed by atoms with Gasteiger partial charge in [0.15, 0.2) is 10.7 Å². The molecule has 0 spiro atoms. The van der Waals surface area contributed by atoms with Crippen molar-refractivity contribution < 1.29 is 9.32 Å². The SMILES string of the molecule is Cc1cc(CN2CCN(C(=O)Cc3cn4ccsc4n3)CC2)on1. The molecule has 0 radical (unpaired) electrons. The molecule has 0 N–H and O–H groups in total. The van der Waals surface area contributed by atoms with Crippen LogP contribution in [-0.4, -0.2) is 56.4 Å². The van der Waals surface area contributed by atoms with Crippen LogP contribution < -0.4 is 0 Å². The zero-order valence-electron chi connectivity index (χ0n) is 13.5. The maximum Gasteiger partial charge on any atom is 0.228 e. The minimum absolute atomic E-state index is 0.149. The molecule has 1 saturated heterocycles. The largest absolute Gasteiger partial charge is 0.360 e. The van der Waals surface area contributed by atoms with Gasteiger partial charge in [0.05, 0.1) is 24.4 Å². The summed E-state index contributed by atoms with van der Waals surface area (Å²) < 4.78 is 7.22. The fourth-order valence-corrected chi connectivity index (χ4v) is 3.71. The molecule has 1 aliphatic rings. The number of aryl methyl sites for hydroxylation is 1. The Balaban J connectivity index is 1.30. The predicted octanol–water partition coefficient (Wildman–Crippen LogP) is 1.58.